The minimum atomic E-state index is -0.368. The zero-order valence-corrected chi connectivity index (χ0v) is 34.9. The first-order valence-corrected chi connectivity index (χ1v) is 21.0. The zero-order valence-electron chi connectivity index (χ0n) is 34.9. The van der Waals surface area contributed by atoms with Crippen LogP contribution in [0, 0.1) is 11.8 Å². The van der Waals surface area contributed by atoms with Gasteiger partial charge >= 0.3 is 0 Å². The van der Waals surface area contributed by atoms with Gasteiger partial charge in [0.05, 0.1) is 11.4 Å². The number of fused-ring (bicyclic) bond motifs is 2. The highest BCUT2D eigenvalue weighted by Gasteiger charge is 2.22. The second-order valence-electron chi connectivity index (χ2n) is 15.4. The maximum Gasteiger partial charge on any atom is 0.272 e. The van der Waals surface area contributed by atoms with E-state index in [-0.39, 0.29) is 40.9 Å². The number of anilines is 4. The predicted molar refractivity (Wildman–Crippen MR) is 243 cm³/mol. The molecule has 15 heteroatoms. The van der Waals surface area contributed by atoms with Gasteiger partial charge in [-0.25, -0.2) is 9.97 Å². The van der Waals surface area contributed by atoms with Crippen molar-refractivity contribution in [3.05, 3.63) is 132 Å². The van der Waals surface area contributed by atoms with Gasteiger partial charge in [0.1, 0.15) is 0 Å². The van der Waals surface area contributed by atoms with Crippen molar-refractivity contribution in [1.82, 2.24) is 20.6 Å². The van der Waals surface area contributed by atoms with E-state index in [0.717, 1.165) is 55.1 Å². The summed E-state index contributed by atoms with van der Waals surface area (Å²) in [5.74, 6) is -0.750. The van der Waals surface area contributed by atoms with Crippen LogP contribution in [0.5, 0.6) is 0 Å². The Balaban J connectivity index is 0.000000190. The Morgan fingerprint density at radius 2 is 0.968 bits per heavy atom. The van der Waals surface area contributed by atoms with Crippen LogP contribution in [0.3, 0.4) is 0 Å². The molecule has 0 bridgehead atoms. The number of carbonyl (C=O) groups excluding carboxylic acids is 5. The van der Waals surface area contributed by atoms with E-state index in [1.165, 1.54) is 19.3 Å². The van der Waals surface area contributed by atoms with Crippen LogP contribution in [0.15, 0.2) is 109 Å². The number of ether oxygens (including phenoxy) is 2. The Bertz CT molecular complexity index is 2620. The van der Waals surface area contributed by atoms with Crippen molar-refractivity contribution in [2.45, 2.75) is 32.6 Å². The Kier molecular flexibility index (Phi) is 14.6. The van der Waals surface area contributed by atoms with Crippen LogP contribution < -0.4 is 32.3 Å². The number of aromatic nitrogens is 2. The predicted octanol–water partition coefficient (Wildman–Crippen LogP) is 6.83. The van der Waals surface area contributed by atoms with Gasteiger partial charge in [-0.15, -0.1) is 0 Å². The minimum Gasteiger partial charge on any atom is -0.398 e. The molecule has 2 saturated heterocycles. The third kappa shape index (κ3) is 11.2. The fourth-order valence-electron chi connectivity index (χ4n) is 7.61. The van der Waals surface area contributed by atoms with Crippen molar-refractivity contribution in [3.8, 4) is 0 Å². The molecule has 7 N–H and O–H groups in total. The van der Waals surface area contributed by atoms with E-state index in [1.807, 2.05) is 48.5 Å². The Labute approximate surface area is 364 Å². The molecule has 8 rings (SSSR count). The lowest BCUT2D eigenvalue weighted by atomic mass is 10.0. The van der Waals surface area contributed by atoms with Gasteiger partial charge in [-0.05, 0) is 96.8 Å². The summed E-state index contributed by atoms with van der Waals surface area (Å²) < 4.78 is 10.7. The van der Waals surface area contributed by atoms with Crippen LogP contribution in [0.4, 0.5) is 22.7 Å². The molecule has 0 atom stereocenters. The second kappa shape index (κ2) is 21.0. The van der Waals surface area contributed by atoms with Crippen LogP contribution in [-0.2, 0) is 14.3 Å². The van der Waals surface area contributed by atoms with E-state index in [0.29, 0.717) is 77.4 Å². The molecule has 2 fully saturated rings. The summed E-state index contributed by atoms with van der Waals surface area (Å²) in [7, 11) is 0. The van der Waals surface area contributed by atoms with Gasteiger partial charge < -0.3 is 41.8 Å². The summed E-state index contributed by atoms with van der Waals surface area (Å²) >= 11 is 0. The molecule has 2 aliphatic rings. The third-order valence-corrected chi connectivity index (χ3v) is 11.0. The maximum absolute atomic E-state index is 13.2. The molecule has 4 heterocycles. The van der Waals surface area contributed by atoms with E-state index in [1.54, 1.807) is 48.5 Å². The highest BCUT2D eigenvalue weighted by atomic mass is 16.5. The quantitative estimate of drug-likeness (QED) is 0.0748. The highest BCUT2D eigenvalue weighted by molar-refractivity contribution is 6.18. The fourth-order valence-corrected chi connectivity index (χ4v) is 7.61. The normalized spacial score (nSPS) is 14.2. The molecule has 324 valence electrons. The zero-order chi connectivity index (χ0) is 44.1. The topological polar surface area (TPSA) is 216 Å². The number of nitrogens with two attached hydrogens (primary N) is 1. The number of amides is 5. The van der Waals surface area contributed by atoms with Crippen LogP contribution in [0.25, 0.3) is 21.5 Å². The lowest BCUT2D eigenvalue weighted by Crippen LogP contribution is -2.33. The Morgan fingerprint density at radius 3 is 1.46 bits per heavy atom. The van der Waals surface area contributed by atoms with E-state index in [9.17, 15) is 24.0 Å². The van der Waals surface area contributed by atoms with Crippen molar-refractivity contribution in [2.75, 3.05) is 61.2 Å². The van der Waals surface area contributed by atoms with Crippen molar-refractivity contribution in [2.24, 2.45) is 11.8 Å². The molecular formula is C48H50N8O7. The number of nitrogens with zero attached hydrogens (tertiary/aromatic N) is 2. The molecule has 15 nitrogen and oxygen atoms in total. The number of nitrogen functional groups attached to an aromatic ring is 1. The highest BCUT2D eigenvalue weighted by Crippen LogP contribution is 2.29. The molecule has 6 aromatic rings. The number of benzene rings is 4. The molecule has 4 aromatic carbocycles. The number of pyridine rings is 2. The van der Waals surface area contributed by atoms with Crippen molar-refractivity contribution in [1.29, 1.82) is 0 Å². The molecule has 0 radical (unpaired) electrons. The summed E-state index contributed by atoms with van der Waals surface area (Å²) in [6.07, 6.45) is 6.74. The average Bonchev–Trinajstić information content (AvgIpc) is 3.31. The average molecular weight is 851 g/mol. The van der Waals surface area contributed by atoms with Gasteiger partial charge in [0.2, 0.25) is 5.91 Å². The van der Waals surface area contributed by atoms with Crippen LogP contribution in [0.2, 0.25) is 0 Å². The Morgan fingerprint density at radius 1 is 0.524 bits per heavy atom. The molecule has 2 aromatic heterocycles. The van der Waals surface area contributed by atoms with E-state index < -0.39 is 0 Å². The van der Waals surface area contributed by atoms with Crippen LogP contribution >= 0.6 is 0 Å². The molecule has 0 unspecified atom stereocenters. The summed E-state index contributed by atoms with van der Waals surface area (Å²) in [5.41, 5.74) is 9.24. The number of hydrogen-bond donors (Lipinski definition) is 6. The molecule has 5 amide bonds. The molecule has 0 saturated carbocycles. The molecular weight excluding hydrogens is 801 g/mol. The standard InChI is InChI=1S/C25H26N4O4.C23H24N4O3/c1-16(30)28-21-9-8-20(18-5-2-3-6-19(18)21)24(31)29-22-7-4-12-26-23(22)25(32)27-15-17-10-13-33-14-11-17;24-19-8-7-18(16-4-1-2-5-17(16)19)22(28)27-20-6-3-11-25-21(20)23(29)26-14-15-9-12-30-13-10-15/h2-9,12,17H,10-11,13-15H2,1H3,(H,27,32)(H,28,30)(H,29,31);1-8,11,15H,9-10,12-14,24H2,(H,26,29)(H,27,28). The van der Waals surface area contributed by atoms with E-state index in [2.05, 4.69) is 36.6 Å². The SMILES string of the molecule is CC(=O)Nc1ccc(C(=O)Nc2cccnc2C(=O)NCC2CCOCC2)c2ccccc12.Nc1ccc(C(=O)Nc2cccnc2C(=O)NCC2CCOCC2)c2ccccc12. The lowest BCUT2D eigenvalue weighted by Gasteiger charge is -2.22. The molecule has 0 aliphatic carbocycles. The van der Waals surface area contributed by atoms with E-state index >= 15 is 0 Å². The molecule has 63 heavy (non-hydrogen) atoms. The lowest BCUT2D eigenvalue weighted by molar-refractivity contribution is -0.114. The minimum absolute atomic E-state index is 0.164. The summed E-state index contributed by atoms with van der Waals surface area (Å²) in [6.45, 7) is 5.41. The first kappa shape index (κ1) is 43.8. The third-order valence-electron chi connectivity index (χ3n) is 11.0. The van der Waals surface area contributed by atoms with Gasteiger partial charge in [0.15, 0.2) is 11.4 Å². The van der Waals surface area contributed by atoms with Crippen LogP contribution in [0.1, 0.15) is 74.3 Å². The summed E-state index contributed by atoms with van der Waals surface area (Å²) in [6, 6.07) is 28.2. The van der Waals surface area contributed by atoms with Gasteiger partial charge in [-0.1, -0.05) is 48.5 Å². The van der Waals surface area contributed by atoms with Crippen molar-refractivity contribution >= 4 is 73.8 Å². The maximum atomic E-state index is 13.2. The summed E-state index contributed by atoms with van der Waals surface area (Å²) in [5, 5.41) is 17.3. The molecule has 2 aliphatic heterocycles. The number of carbonyl (C=O) groups is 5. The number of hydrogen-bond acceptors (Lipinski definition) is 10. The van der Waals surface area contributed by atoms with Crippen LogP contribution in [-0.4, -0.2) is 79.0 Å². The van der Waals surface area contributed by atoms with Gasteiger partial charge in [-0.3, -0.25) is 24.0 Å². The number of rotatable bonds is 11. The fraction of sp³-hybridized carbons (Fsp3) is 0.271. The first-order valence-electron chi connectivity index (χ1n) is 21.0. The van der Waals surface area contributed by atoms with Gasteiger partial charge in [0.25, 0.3) is 23.6 Å². The molecule has 0 spiro atoms. The monoisotopic (exact) mass is 850 g/mol. The number of nitrogens with one attached hydrogen (secondary N) is 5. The van der Waals surface area contributed by atoms with Crippen molar-refractivity contribution in [3.63, 3.8) is 0 Å². The van der Waals surface area contributed by atoms with E-state index in [4.69, 9.17) is 15.2 Å². The van der Waals surface area contributed by atoms with Gasteiger partial charge in [0, 0.05) is 92.1 Å². The van der Waals surface area contributed by atoms with Crippen molar-refractivity contribution < 1.29 is 33.4 Å². The second-order valence-corrected chi connectivity index (χ2v) is 15.4. The first-order chi connectivity index (χ1) is 30.7. The van der Waals surface area contributed by atoms with Gasteiger partial charge in [-0.2, -0.15) is 0 Å². The smallest absolute Gasteiger partial charge is 0.272 e. The Hall–Kier alpha value is -7.23. The largest absolute Gasteiger partial charge is 0.398 e. The summed E-state index contributed by atoms with van der Waals surface area (Å²) in [4.78, 5) is 71.6.